The second-order valence-electron chi connectivity index (χ2n) is 12.3. The third-order valence-electron chi connectivity index (χ3n) is 9.51. The van der Waals surface area contributed by atoms with Gasteiger partial charge in [0.15, 0.2) is 0 Å². The maximum atomic E-state index is 12.3. The summed E-state index contributed by atoms with van der Waals surface area (Å²) in [6, 6.07) is 18.6. The normalized spacial score (nSPS) is 22.7. The van der Waals surface area contributed by atoms with Gasteiger partial charge in [0.1, 0.15) is 17.6 Å². The van der Waals surface area contributed by atoms with Crippen molar-refractivity contribution < 1.29 is 9.53 Å². The number of hydrogen-bond donors (Lipinski definition) is 0. The molecule has 2 aromatic carbocycles. The van der Waals surface area contributed by atoms with E-state index in [-0.39, 0.29) is 17.8 Å². The van der Waals surface area contributed by atoms with Crippen molar-refractivity contribution >= 4 is 5.78 Å². The summed E-state index contributed by atoms with van der Waals surface area (Å²) in [5, 5.41) is 0. The Morgan fingerprint density at radius 3 is 2.59 bits per heavy atom. The lowest BCUT2D eigenvalue weighted by molar-refractivity contribution is -0.121. The summed E-state index contributed by atoms with van der Waals surface area (Å²) in [6.45, 7) is 10.4. The average Bonchev–Trinajstić information content (AvgIpc) is 3.69. The van der Waals surface area contributed by atoms with Crippen molar-refractivity contribution in [1.82, 2.24) is 9.88 Å². The fourth-order valence-corrected chi connectivity index (χ4v) is 6.90. The van der Waals surface area contributed by atoms with Crippen LogP contribution in [0.4, 0.5) is 0 Å². The van der Waals surface area contributed by atoms with Crippen LogP contribution < -0.4 is 4.74 Å². The number of rotatable bonds is 8. The summed E-state index contributed by atoms with van der Waals surface area (Å²) in [7, 11) is 0. The molecule has 6 rings (SSSR count). The van der Waals surface area contributed by atoms with E-state index in [1.165, 1.54) is 59.1 Å². The lowest BCUT2D eigenvalue weighted by Crippen LogP contribution is -2.27. The number of fused-ring (bicyclic) bond motifs is 1. The smallest absolute Gasteiger partial charge is 0.133 e. The first-order valence-corrected chi connectivity index (χ1v) is 15.0. The van der Waals surface area contributed by atoms with Gasteiger partial charge in [-0.25, -0.2) is 0 Å². The standard InChI is InChI=1S/C35H42N2O2/c1-22-18-29(15-16-36-22)28-11-13-32(31(19-28)21-37-17-5-6-23(37)2)33-14-12-26-7-10-30(20-34(26)39-33)35(27-8-9-27)24(3)25(4)38/h7,10-11,13,15-16,18-20,23-24,27,33,35H,5-6,8-9,12,14,17,21H2,1-4H3/t23-,24+,33?,35-/m0/s1. The van der Waals surface area contributed by atoms with Crippen molar-refractivity contribution in [2.75, 3.05) is 6.54 Å². The van der Waals surface area contributed by atoms with Gasteiger partial charge in [0.25, 0.3) is 0 Å². The van der Waals surface area contributed by atoms with Gasteiger partial charge in [-0.3, -0.25) is 14.7 Å². The summed E-state index contributed by atoms with van der Waals surface area (Å²) in [5.41, 5.74) is 8.76. The van der Waals surface area contributed by atoms with Crippen LogP contribution in [0.3, 0.4) is 0 Å². The van der Waals surface area contributed by atoms with Gasteiger partial charge < -0.3 is 4.74 Å². The molecule has 0 amide bonds. The van der Waals surface area contributed by atoms with E-state index < -0.39 is 0 Å². The van der Waals surface area contributed by atoms with Crippen LogP contribution in [-0.2, 0) is 17.8 Å². The van der Waals surface area contributed by atoms with Gasteiger partial charge in [-0.1, -0.05) is 31.2 Å². The monoisotopic (exact) mass is 522 g/mol. The van der Waals surface area contributed by atoms with E-state index in [9.17, 15) is 4.79 Å². The second-order valence-corrected chi connectivity index (χ2v) is 12.3. The number of Topliss-reactive ketones (excluding diaryl/α,β-unsaturated/α-hetero) is 1. The third-order valence-corrected chi connectivity index (χ3v) is 9.51. The minimum Gasteiger partial charge on any atom is -0.485 e. The highest BCUT2D eigenvalue weighted by Gasteiger charge is 2.38. The van der Waals surface area contributed by atoms with E-state index in [1.807, 2.05) is 6.20 Å². The number of benzene rings is 2. The molecule has 1 saturated carbocycles. The molecule has 0 radical (unpaired) electrons. The first kappa shape index (κ1) is 26.3. The quantitative estimate of drug-likeness (QED) is 0.302. The maximum Gasteiger partial charge on any atom is 0.133 e. The molecular weight excluding hydrogens is 480 g/mol. The minimum atomic E-state index is 0.0403. The van der Waals surface area contributed by atoms with Crippen LogP contribution in [-0.4, -0.2) is 28.3 Å². The summed E-state index contributed by atoms with van der Waals surface area (Å²) in [5.74, 6) is 2.27. The van der Waals surface area contributed by atoms with Crippen molar-refractivity contribution in [3.05, 3.63) is 82.7 Å². The van der Waals surface area contributed by atoms with Crippen LogP contribution in [0.1, 0.15) is 92.8 Å². The number of ether oxygens (including phenoxy) is 1. The highest BCUT2D eigenvalue weighted by Crippen LogP contribution is 2.48. The van der Waals surface area contributed by atoms with Crippen LogP contribution in [0.15, 0.2) is 54.7 Å². The Morgan fingerprint density at radius 1 is 1.05 bits per heavy atom. The third kappa shape index (κ3) is 5.54. The molecule has 1 aliphatic carbocycles. The largest absolute Gasteiger partial charge is 0.485 e. The SMILES string of the molecule is CC(=O)[C@@H](C)[C@H](c1ccc2c(c1)OC(c1ccc(-c3ccnc(C)c3)cc1CN1CCC[C@@H]1C)CC2)C1CC1. The van der Waals surface area contributed by atoms with Crippen LogP contribution in [0.25, 0.3) is 11.1 Å². The van der Waals surface area contributed by atoms with E-state index in [4.69, 9.17) is 4.74 Å². The summed E-state index contributed by atoms with van der Waals surface area (Å²) >= 11 is 0. The first-order valence-electron chi connectivity index (χ1n) is 15.0. The van der Waals surface area contributed by atoms with E-state index in [2.05, 4.69) is 79.2 Å². The number of ketones is 1. The zero-order valence-corrected chi connectivity index (χ0v) is 24.0. The number of aromatic nitrogens is 1. The average molecular weight is 523 g/mol. The maximum absolute atomic E-state index is 12.3. The lowest BCUT2D eigenvalue weighted by atomic mass is 9.80. The molecular formula is C35H42N2O2. The van der Waals surface area contributed by atoms with Gasteiger partial charge >= 0.3 is 0 Å². The molecule has 4 heteroatoms. The number of carbonyl (C=O) groups is 1. The topological polar surface area (TPSA) is 42.4 Å². The molecule has 4 nitrogen and oxygen atoms in total. The highest BCUT2D eigenvalue weighted by atomic mass is 16.5. The Kier molecular flexibility index (Phi) is 7.33. The number of carbonyl (C=O) groups excluding carboxylic acids is 1. The number of likely N-dealkylation sites (tertiary alicyclic amines) is 1. The van der Waals surface area contributed by atoms with Crippen molar-refractivity contribution in [3.63, 3.8) is 0 Å². The van der Waals surface area contributed by atoms with Gasteiger partial charge in [0, 0.05) is 30.4 Å². The molecule has 1 saturated heterocycles. The molecule has 3 aliphatic rings. The Balaban J connectivity index is 1.32. The van der Waals surface area contributed by atoms with E-state index in [1.54, 1.807) is 6.92 Å². The summed E-state index contributed by atoms with van der Waals surface area (Å²) < 4.78 is 6.83. The van der Waals surface area contributed by atoms with E-state index in [0.717, 1.165) is 37.4 Å². The fourth-order valence-electron chi connectivity index (χ4n) is 6.90. The molecule has 39 heavy (non-hydrogen) atoms. The zero-order valence-electron chi connectivity index (χ0n) is 24.0. The molecule has 4 atom stereocenters. The van der Waals surface area contributed by atoms with Crippen molar-refractivity contribution in [2.24, 2.45) is 11.8 Å². The predicted molar refractivity (Wildman–Crippen MR) is 157 cm³/mol. The van der Waals surface area contributed by atoms with Crippen LogP contribution in [0.2, 0.25) is 0 Å². The van der Waals surface area contributed by atoms with Gasteiger partial charge in [-0.15, -0.1) is 0 Å². The van der Waals surface area contributed by atoms with Crippen molar-refractivity contribution in [1.29, 1.82) is 0 Å². The Hall–Kier alpha value is -2.98. The minimum absolute atomic E-state index is 0.0403. The van der Waals surface area contributed by atoms with Crippen molar-refractivity contribution in [3.8, 4) is 16.9 Å². The number of pyridine rings is 1. The molecule has 3 heterocycles. The summed E-state index contributed by atoms with van der Waals surface area (Å²) in [4.78, 5) is 19.4. The Labute approximate surface area is 233 Å². The zero-order chi connectivity index (χ0) is 27.1. The van der Waals surface area contributed by atoms with Crippen LogP contribution in [0, 0.1) is 18.8 Å². The summed E-state index contributed by atoms with van der Waals surface area (Å²) in [6.07, 6.45) is 8.95. The molecule has 204 valence electrons. The van der Waals surface area contributed by atoms with Gasteiger partial charge in [-0.2, -0.15) is 0 Å². The van der Waals surface area contributed by atoms with E-state index in [0.29, 0.717) is 17.9 Å². The lowest BCUT2D eigenvalue weighted by Gasteiger charge is -2.31. The predicted octanol–water partition coefficient (Wildman–Crippen LogP) is 7.83. The number of aryl methyl sites for hydroxylation is 2. The molecule has 0 bridgehead atoms. The van der Waals surface area contributed by atoms with Crippen LogP contribution in [0.5, 0.6) is 5.75 Å². The highest BCUT2D eigenvalue weighted by molar-refractivity contribution is 5.79. The number of hydrogen-bond acceptors (Lipinski definition) is 4. The fraction of sp³-hybridized carbons (Fsp3) is 0.486. The van der Waals surface area contributed by atoms with Gasteiger partial charge in [-0.05, 0) is 135 Å². The second kappa shape index (κ2) is 10.9. The Morgan fingerprint density at radius 2 is 1.87 bits per heavy atom. The van der Waals surface area contributed by atoms with Crippen molar-refractivity contribution in [2.45, 2.75) is 90.8 Å². The molecule has 2 fully saturated rings. The molecule has 3 aromatic rings. The molecule has 1 unspecified atom stereocenters. The number of nitrogens with zero attached hydrogens (tertiary/aromatic N) is 2. The molecule has 1 aromatic heterocycles. The first-order chi connectivity index (χ1) is 18.9. The van der Waals surface area contributed by atoms with Gasteiger partial charge in [0.05, 0.1) is 0 Å². The van der Waals surface area contributed by atoms with E-state index >= 15 is 0 Å². The van der Waals surface area contributed by atoms with Crippen LogP contribution >= 0.6 is 0 Å². The molecule has 0 N–H and O–H groups in total. The van der Waals surface area contributed by atoms with Gasteiger partial charge in [0.2, 0.25) is 0 Å². The molecule has 2 aliphatic heterocycles. The Bertz CT molecular complexity index is 1360. The molecule has 0 spiro atoms.